The van der Waals surface area contributed by atoms with Gasteiger partial charge >= 0.3 is 0 Å². The van der Waals surface area contributed by atoms with Gasteiger partial charge in [-0.3, -0.25) is 4.99 Å². The monoisotopic (exact) mass is 205 g/mol. The molecule has 1 heterocycles. The Labute approximate surface area is 94.8 Å². The number of nitrogens with zero attached hydrogens (tertiary/aromatic N) is 1. The van der Waals surface area contributed by atoms with E-state index in [1.165, 1.54) is 16.7 Å². The molecule has 1 aliphatic carbocycles. The molecule has 16 heavy (non-hydrogen) atoms. The van der Waals surface area contributed by atoms with E-state index in [4.69, 9.17) is 0 Å². The van der Waals surface area contributed by atoms with E-state index >= 15 is 0 Å². The van der Waals surface area contributed by atoms with Crippen molar-refractivity contribution in [1.29, 1.82) is 0 Å². The predicted molar refractivity (Wildman–Crippen MR) is 68.4 cm³/mol. The van der Waals surface area contributed by atoms with E-state index in [-0.39, 0.29) is 0 Å². The standard InChI is InChI=1S/C15H11N/c1-2-6-10-16-15-13(8-3-1)11-12-7-4-5-9-14(12)15/h1-11H. The van der Waals surface area contributed by atoms with Crippen LogP contribution in [0.4, 0.5) is 0 Å². The van der Waals surface area contributed by atoms with Gasteiger partial charge in [0.05, 0.1) is 5.71 Å². The SMILES string of the molecule is C1=CC=CC2=Cc3ccccc3C2=NC=C1. The van der Waals surface area contributed by atoms with Crippen LogP contribution in [0.15, 0.2) is 71.4 Å². The molecule has 1 aromatic rings. The van der Waals surface area contributed by atoms with E-state index in [0.29, 0.717) is 0 Å². The summed E-state index contributed by atoms with van der Waals surface area (Å²) in [5.41, 5.74) is 4.71. The molecule has 0 bridgehead atoms. The van der Waals surface area contributed by atoms with E-state index in [1.807, 2.05) is 30.5 Å². The lowest BCUT2D eigenvalue weighted by Gasteiger charge is -2.00. The zero-order valence-electron chi connectivity index (χ0n) is 8.80. The fourth-order valence-electron chi connectivity index (χ4n) is 1.96. The van der Waals surface area contributed by atoms with Gasteiger partial charge in [-0.15, -0.1) is 0 Å². The Balaban J connectivity index is 2.19. The summed E-state index contributed by atoms with van der Waals surface area (Å²) in [6.45, 7) is 0. The zero-order chi connectivity index (χ0) is 10.8. The van der Waals surface area contributed by atoms with Crippen molar-refractivity contribution in [2.75, 3.05) is 0 Å². The second-order valence-corrected chi connectivity index (χ2v) is 3.75. The van der Waals surface area contributed by atoms with Gasteiger partial charge in [-0.25, -0.2) is 0 Å². The zero-order valence-corrected chi connectivity index (χ0v) is 8.80. The molecular weight excluding hydrogens is 194 g/mol. The van der Waals surface area contributed by atoms with Crippen LogP contribution in [-0.2, 0) is 0 Å². The van der Waals surface area contributed by atoms with Crippen molar-refractivity contribution in [3.63, 3.8) is 0 Å². The topological polar surface area (TPSA) is 12.4 Å². The molecule has 0 atom stereocenters. The maximum atomic E-state index is 4.51. The van der Waals surface area contributed by atoms with Crippen molar-refractivity contribution in [3.05, 3.63) is 77.5 Å². The first-order chi connectivity index (χ1) is 7.95. The number of aliphatic imine (C=N–C) groups is 1. The molecule has 1 nitrogen and oxygen atoms in total. The molecule has 1 aromatic carbocycles. The number of hydrogen-bond donors (Lipinski definition) is 0. The number of hydrogen-bond acceptors (Lipinski definition) is 1. The largest absolute Gasteiger partial charge is 0.256 e. The molecule has 0 saturated carbocycles. The lowest BCUT2D eigenvalue weighted by Crippen LogP contribution is -1.98. The molecule has 0 saturated heterocycles. The fourth-order valence-corrected chi connectivity index (χ4v) is 1.96. The van der Waals surface area contributed by atoms with Gasteiger partial charge in [-0.2, -0.15) is 0 Å². The highest BCUT2D eigenvalue weighted by Crippen LogP contribution is 2.26. The smallest absolute Gasteiger partial charge is 0.0780 e. The number of benzene rings is 1. The average molecular weight is 205 g/mol. The Morgan fingerprint density at radius 3 is 2.75 bits per heavy atom. The first kappa shape index (κ1) is 9.10. The van der Waals surface area contributed by atoms with Crippen LogP contribution in [0.2, 0.25) is 0 Å². The van der Waals surface area contributed by atoms with E-state index < -0.39 is 0 Å². The second kappa shape index (κ2) is 3.78. The number of rotatable bonds is 0. The molecule has 3 rings (SSSR count). The summed E-state index contributed by atoms with van der Waals surface area (Å²) >= 11 is 0. The molecule has 0 spiro atoms. The second-order valence-electron chi connectivity index (χ2n) is 3.75. The lowest BCUT2D eigenvalue weighted by atomic mass is 10.1. The molecular formula is C15H11N. The summed E-state index contributed by atoms with van der Waals surface area (Å²) in [4.78, 5) is 4.51. The molecule has 2 aliphatic rings. The maximum absolute atomic E-state index is 4.51. The van der Waals surface area contributed by atoms with E-state index in [1.54, 1.807) is 0 Å². The summed E-state index contributed by atoms with van der Waals surface area (Å²) in [7, 11) is 0. The van der Waals surface area contributed by atoms with Gasteiger partial charge in [0.1, 0.15) is 0 Å². The van der Waals surface area contributed by atoms with Crippen molar-refractivity contribution in [1.82, 2.24) is 0 Å². The van der Waals surface area contributed by atoms with Gasteiger partial charge in [0.25, 0.3) is 0 Å². The molecule has 76 valence electrons. The van der Waals surface area contributed by atoms with Crippen LogP contribution in [0.3, 0.4) is 0 Å². The van der Waals surface area contributed by atoms with Crippen LogP contribution in [0.25, 0.3) is 6.08 Å². The van der Waals surface area contributed by atoms with E-state index in [9.17, 15) is 0 Å². The third-order valence-electron chi connectivity index (χ3n) is 2.70. The minimum Gasteiger partial charge on any atom is -0.256 e. The predicted octanol–water partition coefficient (Wildman–Crippen LogP) is 3.51. The van der Waals surface area contributed by atoms with Crippen molar-refractivity contribution < 1.29 is 0 Å². The van der Waals surface area contributed by atoms with Gasteiger partial charge in [-0.05, 0) is 17.7 Å². The summed E-state index contributed by atoms with van der Waals surface area (Å²) in [6, 6.07) is 8.35. The average Bonchev–Trinajstić information content (AvgIpc) is 2.69. The van der Waals surface area contributed by atoms with Crippen LogP contribution in [0.1, 0.15) is 11.1 Å². The molecule has 0 N–H and O–H groups in total. The van der Waals surface area contributed by atoms with Crippen LogP contribution in [-0.4, -0.2) is 5.71 Å². The Kier molecular flexibility index (Phi) is 2.15. The Morgan fingerprint density at radius 2 is 1.75 bits per heavy atom. The fraction of sp³-hybridized carbons (Fsp3) is 0. The van der Waals surface area contributed by atoms with Crippen molar-refractivity contribution in [2.24, 2.45) is 4.99 Å². The minimum atomic E-state index is 1.06. The molecule has 1 aliphatic heterocycles. The highest BCUT2D eigenvalue weighted by Gasteiger charge is 2.17. The summed E-state index contributed by atoms with van der Waals surface area (Å²) in [5, 5.41) is 0. The van der Waals surface area contributed by atoms with Crippen LogP contribution in [0.5, 0.6) is 0 Å². The molecule has 1 heteroatoms. The third kappa shape index (κ3) is 1.47. The van der Waals surface area contributed by atoms with Crippen LogP contribution >= 0.6 is 0 Å². The van der Waals surface area contributed by atoms with E-state index in [2.05, 4.69) is 41.4 Å². The normalized spacial score (nSPS) is 16.8. The van der Waals surface area contributed by atoms with Gasteiger partial charge in [0.2, 0.25) is 0 Å². The maximum Gasteiger partial charge on any atom is 0.0780 e. The lowest BCUT2D eigenvalue weighted by molar-refractivity contribution is 1.53. The molecule has 0 radical (unpaired) electrons. The Hall–Kier alpha value is -2.15. The Bertz CT molecular complexity index is 569. The van der Waals surface area contributed by atoms with E-state index in [0.717, 1.165) is 5.71 Å². The van der Waals surface area contributed by atoms with Crippen molar-refractivity contribution in [3.8, 4) is 0 Å². The minimum absolute atomic E-state index is 1.06. The molecule has 0 unspecified atom stereocenters. The van der Waals surface area contributed by atoms with Gasteiger partial charge in [-0.1, -0.05) is 48.6 Å². The van der Waals surface area contributed by atoms with Crippen LogP contribution < -0.4 is 0 Å². The first-order valence-electron chi connectivity index (χ1n) is 5.34. The summed E-state index contributed by atoms with van der Waals surface area (Å²) in [5.74, 6) is 0. The number of fused-ring (bicyclic) bond motifs is 3. The van der Waals surface area contributed by atoms with Gasteiger partial charge in [0, 0.05) is 17.3 Å². The number of allylic oxidation sites excluding steroid dienone is 6. The molecule has 0 amide bonds. The Morgan fingerprint density at radius 1 is 0.875 bits per heavy atom. The molecule has 0 fully saturated rings. The first-order valence-corrected chi connectivity index (χ1v) is 5.34. The van der Waals surface area contributed by atoms with Gasteiger partial charge in [0.15, 0.2) is 0 Å². The van der Waals surface area contributed by atoms with Crippen molar-refractivity contribution >= 4 is 11.8 Å². The quantitative estimate of drug-likeness (QED) is 0.614. The van der Waals surface area contributed by atoms with Gasteiger partial charge < -0.3 is 0 Å². The highest BCUT2D eigenvalue weighted by atomic mass is 14.7. The van der Waals surface area contributed by atoms with Crippen LogP contribution in [0, 0.1) is 0 Å². The summed E-state index contributed by atoms with van der Waals surface area (Å²) in [6.07, 6.45) is 14.1. The third-order valence-corrected chi connectivity index (χ3v) is 2.70. The molecule has 0 aromatic heterocycles. The highest BCUT2D eigenvalue weighted by molar-refractivity contribution is 6.22. The van der Waals surface area contributed by atoms with Crippen molar-refractivity contribution in [2.45, 2.75) is 0 Å². The summed E-state index contributed by atoms with van der Waals surface area (Å²) < 4.78 is 0.